The summed E-state index contributed by atoms with van der Waals surface area (Å²) < 4.78 is 1.84. The lowest BCUT2D eigenvalue weighted by Crippen LogP contribution is -1.97. The average Bonchev–Trinajstić information content (AvgIpc) is 2.52. The second-order valence-corrected chi connectivity index (χ2v) is 3.52. The van der Waals surface area contributed by atoms with E-state index >= 15 is 0 Å². The first kappa shape index (κ1) is 8.94. The van der Waals surface area contributed by atoms with Crippen molar-refractivity contribution < 1.29 is 0 Å². The number of hydrogen-bond donors (Lipinski definition) is 0. The van der Waals surface area contributed by atoms with Gasteiger partial charge in [0, 0.05) is 19.4 Å². The van der Waals surface area contributed by atoms with Crippen LogP contribution in [0.2, 0.25) is 0 Å². The van der Waals surface area contributed by atoms with E-state index in [-0.39, 0.29) is 0 Å². The van der Waals surface area contributed by atoms with Gasteiger partial charge < -0.3 is 0 Å². The summed E-state index contributed by atoms with van der Waals surface area (Å²) >= 11 is 0. The van der Waals surface area contributed by atoms with E-state index in [0.717, 1.165) is 11.4 Å². The smallest absolute Gasteiger partial charge is 0.0912 e. The van der Waals surface area contributed by atoms with E-state index in [2.05, 4.69) is 23.1 Å². The molecule has 2 aromatic heterocycles. The molecule has 0 amide bonds. The van der Waals surface area contributed by atoms with Crippen LogP contribution in [0.3, 0.4) is 0 Å². The van der Waals surface area contributed by atoms with Crippen LogP contribution in [0.25, 0.3) is 11.4 Å². The molecule has 2 aromatic rings. The number of aryl methyl sites for hydroxylation is 3. The van der Waals surface area contributed by atoms with Crippen molar-refractivity contribution in [2.24, 2.45) is 7.05 Å². The molecule has 0 radical (unpaired) electrons. The number of hydrogen-bond acceptors (Lipinski definition) is 2. The molecule has 72 valence electrons. The summed E-state index contributed by atoms with van der Waals surface area (Å²) in [5.41, 5.74) is 4.44. The van der Waals surface area contributed by atoms with Crippen LogP contribution in [0.5, 0.6) is 0 Å². The highest BCUT2D eigenvalue weighted by Gasteiger charge is 2.06. The molecule has 0 aliphatic heterocycles. The quantitative estimate of drug-likeness (QED) is 0.684. The Bertz CT molecular complexity index is 457. The van der Waals surface area contributed by atoms with Gasteiger partial charge in [-0.15, -0.1) is 0 Å². The van der Waals surface area contributed by atoms with Gasteiger partial charge in [0.1, 0.15) is 0 Å². The average molecular weight is 187 g/mol. The fourth-order valence-electron chi connectivity index (χ4n) is 1.59. The van der Waals surface area contributed by atoms with Crippen molar-refractivity contribution >= 4 is 0 Å². The van der Waals surface area contributed by atoms with Crippen LogP contribution in [-0.4, -0.2) is 14.8 Å². The fourth-order valence-corrected chi connectivity index (χ4v) is 1.59. The summed E-state index contributed by atoms with van der Waals surface area (Å²) in [6, 6.07) is 4.11. The van der Waals surface area contributed by atoms with Crippen LogP contribution in [0, 0.1) is 13.8 Å². The molecule has 0 unspecified atom stereocenters. The fraction of sp³-hybridized carbons (Fsp3) is 0.273. The Morgan fingerprint density at radius 3 is 2.64 bits per heavy atom. The predicted octanol–water partition coefficient (Wildman–Crippen LogP) is 2.10. The molecule has 0 spiro atoms. The minimum absolute atomic E-state index is 1.01. The summed E-state index contributed by atoms with van der Waals surface area (Å²) in [6.07, 6.45) is 3.67. The maximum atomic E-state index is 4.42. The normalized spacial score (nSPS) is 10.5. The Morgan fingerprint density at radius 2 is 2.07 bits per heavy atom. The van der Waals surface area contributed by atoms with E-state index in [1.807, 2.05) is 30.9 Å². The zero-order chi connectivity index (χ0) is 10.1. The third-order valence-corrected chi connectivity index (χ3v) is 2.28. The molecule has 0 aliphatic rings. The topological polar surface area (TPSA) is 30.7 Å². The van der Waals surface area contributed by atoms with E-state index in [1.165, 1.54) is 11.1 Å². The molecule has 3 heteroatoms. The van der Waals surface area contributed by atoms with Crippen molar-refractivity contribution in [2.45, 2.75) is 13.8 Å². The molecule has 2 rings (SSSR count). The second-order valence-electron chi connectivity index (χ2n) is 3.52. The SMILES string of the molecule is Cc1cnc(-c2ccnn2C)c(C)c1. The van der Waals surface area contributed by atoms with E-state index in [9.17, 15) is 0 Å². The van der Waals surface area contributed by atoms with Crippen molar-refractivity contribution in [2.75, 3.05) is 0 Å². The van der Waals surface area contributed by atoms with Gasteiger partial charge in [-0.1, -0.05) is 6.07 Å². The van der Waals surface area contributed by atoms with E-state index in [1.54, 1.807) is 6.20 Å². The molecule has 3 nitrogen and oxygen atoms in total. The number of aromatic nitrogens is 3. The zero-order valence-corrected chi connectivity index (χ0v) is 8.65. The molecule has 0 fully saturated rings. The Hall–Kier alpha value is -1.64. The van der Waals surface area contributed by atoms with E-state index in [4.69, 9.17) is 0 Å². The summed E-state index contributed by atoms with van der Waals surface area (Å²) in [7, 11) is 1.93. The Balaban J connectivity index is 2.58. The van der Waals surface area contributed by atoms with Gasteiger partial charge in [0.15, 0.2) is 0 Å². The van der Waals surface area contributed by atoms with Crippen LogP contribution in [0.15, 0.2) is 24.5 Å². The van der Waals surface area contributed by atoms with Gasteiger partial charge in [0.05, 0.1) is 11.4 Å². The first-order chi connectivity index (χ1) is 6.68. The Labute approximate surface area is 83.4 Å². The molecule has 0 saturated heterocycles. The van der Waals surface area contributed by atoms with Crippen molar-refractivity contribution in [3.63, 3.8) is 0 Å². The van der Waals surface area contributed by atoms with Gasteiger partial charge in [0.2, 0.25) is 0 Å². The van der Waals surface area contributed by atoms with Crippen molar-refractivity contribution in [3.8, 4) is 11.4 Å². The van der Waals surface area contributed by atoms with Gasteiger partial charge >= 0.3 is 0 Å². The molecule has 0 saturated carbocycles. The van der Waals surface area contributed by atoms with Gasteiger partial charge in [0.25, 0.3) is 0 Å². The summed E-state index contributed by atoms with van der Waals surface area (Å²) in [4.78, 5) is 4.42. The van der Waals surface area contributed by atoms with Gasteiger partial charge in [-0.2, -0.15) is 5.10 Å². The standard InChI is InChI=1S/C11H13N3/c1-8-6-9(2)11(12-7-8)10-4-5-13-14(10)3/h4-7H,1-3H3. The maximum absolute atomic E-state index is 4.42. The van der Waals surface area contributed by atoms with Crippen molar-refractivity contribution in [1.82, 2.24) is 14.8 Å². The molecular weight excluding hydrogens is 174 g/mol. The Morgan fingerprint density at radius 1 is 1.29 bits per heavy atom. The molecule has 0 aromatic carbocycles. The van der Waals surface area contributed by atoms with Gasteiger partial charge in [-0.05, 0) is 31.0 Å². The largest absolute Gasteiger partial charge is 0.266 e. The van der Waals surface area contributed by atoms with Crippen LogP contribution in [0.1, 0.15) is 11.1 Å². The Kier molecular flexibility index (Phi) is 2.08. The molecular formula is C11H13N3. The third kappa shape index (κ3) is 1.41. The highest BCUT2D eigenvalue weighted by molar-refractivity contribution is 5.58. The maximum Gasteiger partial charge on any atom is 0.0912 e. The molecule has 0 aliphatic carbocycles. The highest BCUT2D eigenvalue weighted by atomic mass is 15.3. The summed E-state index contributed by atoms with van der Waals surface area (Å²) in [5, 5.41) is 4.13. The minimum atomic E-state index is 1.01. The van der Waals surface area contributed by atoms with Crippen molar-refractivity contribution in [1.29, 1.82) is 0 Å². The lowest BCUT2D eigenvalue weighted by molar-refractivity contribution is 0.772. The van der Waals surface area contributed by atoms with E-state index in [0.29, 0.717) is 0 Å². The first-order valence-corrected chi connectivity index (χ1v) is 4.60. The lowest BCUT2D eigenvalue weighted by Gasteiger charge is -2.05. The second kappa shape index (κ2) is 3.25. The number of rotatable bonds is 1. The summed E-state index contributed by atoms with van der Waals surface area (Å²) in [6.45, 7) is 4.12. The number of nitrogens with zero attached hydrogens (tertiary/aromatic N) is 3. The zero-order valence-electron chi connectivity index (χ0n) is 8.65. The molecule has 0 atom stereocenters. The highest BCUT2D eigenvalue weighted by Crippen LogP contribution is 2.19. The molecule has 0 N–H and O–H groups in total. The van der Waals surface area contributed by atoms with Gasteiger partial charge in [-0.3, -0.25) is 9.67 Å². The first-order valence-electron chi connectivity index (χ1n) is 4.60. The molecule has 0 bridgehead atoms. The summed E-state index contributed by atoms with van der Waals surface area (Å²) in [5.74, 6) is 0. The molecule has 14 heavy (non-hydrogen) atoms. The lowest BCUT2D eigenvalue weighted by atomic mass is 10.1. The van der Waals surface area contributed by atoms with E-state index < -0.39 is 0 Å². The number of pyridine rings is 1. The monoisotopic (exact) mass is 187 g/mol. The van der Waals surface area contributed by atoms with Crippen LogP contribution in [0.4, 0.5) is 0 Å². The minimum Gasteiger partial charge on any atom is -0.266 e. The van der Waals surface area contributed by atoms with Crippen LogP contribution < -0.4 is 0 Å². The van der Waals surface area contributed by atoms with Crippen LogP contribution >= 0.6 is 0 Å². The van der Waals surface area contributed by atoms with Crippen LogP contribution in [-0.2, 0) is 7.05 Å². The van der Waals surface area contributed by atoms with Gasteiger partial charge in [-0.25, -0.2) is 0 Å². The predicted molar refractivity (Wildman–Crippen MR) is 55.9 cm³/mol. The third-order valence-electron chi connectivity index (χ3n) is 2.28. The molecule has 2 heterocycles. The van der Waals surface area contributed by atoms with Crippen molar-refractivity contribution in [3.05, 3.63) is 35.7 Å².